The second kappa shape index (κ2) is 10.3. The lowest BCUT2D eigenvalue weighted by molar-refractivity contribution is -0.111. The van der Waals surface area contributed by atoms with Crippen molar-refractivity contribution in [2.75, 3.05) is 5.32 Å². The molecule has 0 aliphatic heterocycles. The summed E-state index contributed by atoms with van der Waals surface area (Å²) in [6.45, 7) is 1.78. The largest absolute Gasteiger partial charge is 0.322 e. The number of anilines is 1. The molecule has 0 aliphatic carbocycles. The minimum atomic E-state index is -0.365. The van der Waals surface area contributed by atoms with E-state index in [0.717, 1.165) is 21.2 Å². The monoisotopic (exact) mass is 473 g/mol. The van der Waals surface area contributed by atoms with Crippen LogP contribution in [0.2, 0.25) is 5.02 Å². The Morgan fingerprint density at radius 1 is 0.970 bits per heavy atom. The quantitative estimate of drug-likeness (QED) is 0.194. The summed E-state index contributed by atoms with van der Waals surface area (Å²) in [4.78, 5) is 25.3. The third-order valence-electron chi connectivity index (χ3n) is 4.84. The van der Waals surface area contributed by atoms with Crippen LogP contribution in [0.5, 0.6) is 0 Å². The zero-order valence-electron chi connectivity index (χ0n) is 17.7. The molecule has 4 aromatic rings. The number of fused-ring (bicyclic) bond motifs is 1. The second-order valence-corrected chi connectivity index (χ2v) is 8.62. The molecule has 0 fully saturated rings. The van der Waals surface area contributed by atoms with Crippen molar-refractivity contribution in [1.29, 1.82) is 0 Å². The number of hydrogen-bond donors (Lipinski definition) is 2. The molecule has 2 amide bonds. The third kappa shape index (κ3) is 5.55. The van der Waals surface area contributed by atoms with Crippen molar-refractivity contribution in [1.82, 2.24) is 5.43 Å². The van der Waals surface area contributed by atoms with Crippen LogP contribution in [-0.2, 0) is 4.79 Å². The first-order valence-electron chi connectivity index (χ1n) is 10.2. The van der Waals surface area contributed by atoms with Crippen molar-refractivity contribution in [2.24, 2.45) is 5.10 Å². The van der Waals surface area contributed by atoms with Gasteiger partial charge >= 0.3 is 0 Å². The maximum absolute atomic E-state index is 12.6. The minimum Gasteiger partial charge on any atom is -0.322 e. The number of nitrogens with one attached hydrogen (secondary N) is 2. The van der Waals surface area contributed by atoms with Gasteiger partial charge in [0, 0.05) is 21.8 Å². The molecule has 2 N–H and O–H groups in total. The summed E-state index contributed by atoms with van der Waals surface area (Å²) in [5.74, 6) is -0.602. The molecule has 0 aliphatic rings. The first kappa shape index (κ1) is 22.5. The van der Waals surface area contributed by atoms with Gasteiger partial charge in [0.25, 0.3) is 5.91 Å². The Bertz CT molecular complexity index is 1380. The average Bonchev–Trinajstić information content (AvgIpc) is 3.18. The standard InChI is InChI=1S/C26H20ClN3O2S/c1-17(29-30-26(32)25-24(27)21-12-5-6-13-22(21)33-25)19-10-7-11-20(16-19)28-23(31)15-14-18-8-3-2-4-9-18/h2-16H,1H3,(H,28,31)(H,30,32)/b15-14+,29-17+. The molecule has 164 valence electrons. The summed E-state index contributed by atoms with van der Waals surface area (Å²) in [5, 5.41) is 8.33. The van der Waals surface area contributed by atoms with Crippen LogP contribution in [0.25, 0.3) is 16.2 Å². The molecule has 4 rings (SSSR count). The first-order valence-corrected chi connectivity index (χ1v) is 11.4. The maximum atomic E-state index is 12.6. The number of hydrogen-bond acceptors (Lipinski definition) is 4. The van der Waals surface area contributed by atoms with Crippen molar-refractivity contribution in [3.8, 4) is 0 Å². The van der Waals surface area contributed by atoms with Crippen LogP contribution in [0.15, 0.2) is 90.0 Å². The highest BCUT2D eigenvalue weighted by molar-refractivity contribution is 7.21. The SMILES string of the molecule is C/C(=N\NC(=O)c1sc2ccccc2c1Cl)c1cccc(NC(=O)/C=C/c2ccccc2)c1. The fraction of sp³-hybridized carbons (Fsp3) is 0.0385. The van der Waals surface area contributed by atoms with E-state index in [-0.39, 0.29) is 11.8 Å². The zero-order valence-corrected chi connectivity index (χ0v) is 19.3. The molecule has 7 heteroatoms. The summed E-state index contributed by atoms with van der Waals surface area (Å²) in [5.41, 5.74) is 5.51. The molecule has 0 radical (unpaired) electrons. The van der Waals surface area contributed by atoms with E-state index in [0.29, 0.717) is 21.3 Å². The molecule has 0 bridgehead atoms. The van der Waals surface area contributed by atoms with Crippen LogP contribution in [0.3, 0.4) is 0 Å². The Labute approximate surface area is 200 Å². The number of rotatable bonds is 6. The Morgan fingerprint density at radius 3 is 2.52 bits per heavy atom. The molecule has 0 unspecified atom stereocenters. The van der Waals surface area contributed by atoms with Gasteiger partial charge in [0.2, 0.25) is 5.91 Å². The topological polar surface area (TPSA) is 70.6 Å². The van der Waals surface area contributed by atoms with Crippen LogP contribution >= 0.6 is 22.9 Å². The average molecular weight is 474 g/mol. The zero-order chi connectivity index (χ0) is 23.2. The van der Waals surface area contributed by atoms with Gasteiger partial charge in [-0.3, -0.25) is 9.59 Å². The van der Waals surface area contributed by atoms with Crippen LogP contribution in [0.1, 0.15) is 27.7 Å². The van der Waals surface area contributed by atoms with Crippen LogP contribution in [-0.4, -0.2) is 17.5 Å². The molecule has 33 heavy (non-hydrogen) atoms. The van der Waals surface area contributed by atoms with Crippen LogP contribution < -0.4 is 10.7 Å². The molecule has 0 spiro atoms. The Morgan fingerprint density at radius 2 is 1.73 bits per heavy atom. The summed E-state index contributed by atoms with van der Waals surface area (Å²) >= 11 is 7.70. The van der Waals surface area contributed by atoms with Crippen LogP contribution in [0.4, 0.5) is 5.69 Å². The van der Waals surface area contributed by atoms with E-state index in [2.05, 4.69) is 15.8 Å². The van der Waals surface area contributed by atoms with Crippen molar-refractivity contribution >= 4 is 62.3 Å². The summed E-state index contributed by atoms with van der Waals surface area (Å²) in [6.07, 6.45) is 3.23. The molecule has 0 atom stereocenters. The number of hydrazone groups is 1. The van der Waals surface area contributed by atoms with Gasteiger partial charge in [0.05, 0.1) is 10.7 Å². The predicted molar refractivity (Wildman–Crippen MR) is 137 cm³/mol. The molecule has 0 saturated heterocycles. The number of nitrogens with zero attached hydrogens (tertiary/aromatic N) is 1. The molecule has 1 aromatic heterocycles. The number of benzene rings is 3. The van der Waals surface area contributed by atoms with Gasteiger partial charge < -0.3 is 5.32 Å². The lowest BCUT2D eigenvalue weighted by atomic mass is 10.1. The van der Waals surface area contributed by atoms with Crippen molar-refractivity contribution in [3.63, 3.8) is 0 Å². The second-order valence-electron chi connectivity index (χ2n) is 7.19. The summed E-state index contributed by atoms with van der Waals surface area (Å²) in [6, 6.07) is 24.4. The number of amides is 2. The molecule has 5 nitrogen and oxygen atoms in total. The fourth-order valence-electron chi connectivity index (χ4n) is 3.15. The van der Waals surface area contributed by atoms with E-state index in [1.54, 1.807) is 25.1 Å². The highest BCUT2D eigenvalue weighted by Crippen LogP contribution is 2.34. The van der Waals surface area contributed by atoms with Gasteiger partial charge in [0.15, 0.2) is 0 Å². The number of carbonyl (C=O) groups excluding carboxylic acids is 2. The van der Waals surface area contributed by atoms with Gasteiger partial charge in [-0.05, 0) is 42.3 Å². The molecular weight excluding hydrogens is 454 g/mol. The van der Waals surface area contributed by atoms with E-state index in [1.807, 2.05) is 66.7 Å². The van der Waals surface area contributed by atoms with E-state index in [9.17, 15) is 9.59 Å². The number of carbonyl (C=O) groups is 2. The minimum absolute atomic E-state index is 0.238. The number of thiophene rings is 1. The predicted octanol–water partition coefficient (Wildman–Crippen LogP) is 6.36. The normalized spacial score (nSPS) is 11.6. The third-order valence-corrected chi connectivity index (χ3v) is 6.52. The smallest absolute Gasteiger partial charge is 0.283 e. The molecular formula is C26H20ClN3O2S. The van der Waals surface area contributed by atoms with E-state index >= 15 is 0 Å². The summed E-state index contributed by atoms with van der Waals surface area (Å²) < 4.78 is 0.943. The van der Waals surface area contributed by atoms with E-state index < -0.39 is 0 Å². The Kier molecular flexibility index (Phi) is 6.98. The molecule has 1 heterocycles. The van der Waals surface area contributed by atoms with Gasteiger partial charge in [-0.2, -0.15) is 5.10 Å². The van der Waals surface area contributed by atoms with Gasteiger partial charge in [-0.15, -0.1) is 11.3 Å². The highest BCUT2D eigenvalue weighted by atomic mass is 35.5. The van der Waals surface area contributed by atoms with E-state index in [4.69, 9.17) is 11.6 Å². The Balaban J connectivity index is 1.42. The Hall–Kier alpha value is -3.74. The van der Waals surface area contributed by atoms with Crippen molar-refractivity contribution in [2.45, 2.75) is 6.92 Å². The van der Waals surface area contributed by atoms with Gasteiger partial charge in [0.1, 0.15) is 4.88 Å². The van der Waals surface area contributed by atoms with Crippen LogP contribution in [0, 0.1) is 0 Å². The lowest BCUT2D eigenvalue weighted by Gasteiger charge is -2.06. The van der Waals surface area contributed by atoms with Crippen molar-refractivity contribution < 1.29 is 9.59 Å². The van der Waals surface area contributed by atoms with E-state index in [1.165, 1.54) is 17.4 Å². The first-order chi connectivity index (χ1) is 16.0. The maximum Gasteiger partial charge on any atom is 0.283 e. The lowest BCUT2D eigenvalue weighted by Crippen LogP contribution is -2.18. The fourth-order valence-corrected chi connectivity index (χ4v) is 4.56. The van der Waals surface area contributed by atoms with Gasteiger partial charge in [-0.25, -0.2) is 5.43 Å². The highest BCUT2D eigenvalue weighted by Gasteiger charge is 2.16. The molecule has 3 aromatic carbocycles. The summed E-state index contributed by atoms with van der Waals surface area (Å²) in [7, 11) is 0. The molecule has 0 saturated carbocycles. The van der Waals surface area contributed by atoms with Crippen molar-refractivity contribution in [3.05, 3.63) is 106 Å². The number of halogens is 1. The van der Waals surface area contributed by atoms with Gasteiger partial charge in [-0.1, -0.05) is 72.3 Å².